The van der Waals surface area contributed by atoms with Gasteiger partial charge in [-0.1, -0.05) is 0 Å². The lowest BCUT2D eigenvalue weighted by Crippen LogP contribution is -2.04. The lowest BCUT2D eigenvalue weighted by Gasteiger charge is -2.05. The second-order valence-electron chi connectivity index (χ2n) is 2.43. The summed E-state index contributed by atoms with van der Waals surface area (Å²) in [6.45, 7) is 1.12. The highest BCUT2D eigenvalue weighted by atomic mass is 16.5. The predicted octanol–water partition coefficient (Wildman–Crippen LogP) is 1.52. The molecule has 0 aliphatic rings. The Morgan fingerprint density at radius 3 is 2.62 bits per heavy atom. The van der Waals surface area contributed by atoms with Gasteiger partial charge in [0.15, 0.2) is 0 Å². The van der Waals surface area contributed by atoms with Crippen LogP contribution >= 0.6 is 0 Å². The molecular weight excluding hydrogens is 168 g/mol. The van der Waals surface area contributed by atoms with E-state index in [2.05, 4.69) is 6.07 Å². The third-order valence-electron chi connectivity index (χ3n) is 1.54. The van der Waals surface area contributed by atoms with Gasteiger partial charge in [-0.05, 0) is 18.2 Å². The topological polar surface area (TPSA) is 27.7 Å². The van der Waals surface area contributed by atoms with Crippen LogP contribution in [0.1, 0.15) is 0 Å². The molecule has 0 amide bonds. The van der Waals surface area contributed by atoms with E-state index in [-0.39, 0.29) is 0 Å². The van der Waals surface area contributed by atoms with Crippen LogP contribution in [-0.4, -0.2) is 27.4 Å². The number of benzene rings is 1. The summed E-state index contributed by atoms with van der Waals surface area (Å²) in [5.74, 6) is 1.48. The molecule has 1 rings (SSSR count). The molecule has 1 aromatic rings. The summed E-state index contributed by atoms with van der Waals surface area (Å²) in [6, 6.07) is 8.33. The highest BCUT2D eigenvalue weighted by Crippen LogP contribution is 2.15. The van der Waals surface area contributed by atoms with Crippen LogP contribution in [-0.2, 0) is 4.74 Å². The molecule has 0 aliphatic carbocycles. The summed E-state index contributed by atoms with van der Waals surface area (Å²) in [7, 11) is 3.26. The number of rotatable bonds is 5. The summed E-state index contributed by atoms with van der Waals surface area (Å²) in [5, 5.41) is 0. The molecule has 1 aromatic carbocycles. The molecule has 0 saturated carbocycles. The molecule has 13 heavy (non-hydrogen) atoms. The van der Waals surface area contributed by atoms with E-state index in [1.807, 2.05) is 12.1 Å². The molecule has 0 N–H and O–H groups in total. The molecule has 0 saturated heterocycles. The molecule has 0 unspecified atom stereocenters. The van der Waals surface area contributed by atoms with Crippen LogP contribution in [0.4, 0.5) is 0 Å². The van der Waals surface area contributed by atoms with E-state index < -0.39 is 0 Å². The van der Waals surface area contributed by atoms with E-state index in [1.54, 1.807) is 20.3 Å². The van der Waals surface area contributed by atoms with Crippen LogP contribution in [0.15, 0.2) is 18.2 Å². The maximum atomic E-state index is 5.31. The van der Waals surface area contributed by atoms with Gasteiger partial charge >= 0.3 is 0 Å². The van der Waals surface area contributed by atoms with Crippen LogP contribution in [0.3, 0.4) is 0 Å². The van der Waals surface area contributed by atoms with E-state index in [1.165, 1.54) is 0 Å². The Morgan fingerprint density at radius 2 is 2.08 bits per heavy atom. The minimum absolute atomic E-state index is 0.541. The number of hydrogen-bond acceptors (Lipinski definition) is 3. The standard InChI is InChI=1S/C10H13O3/c1-11-7-8-13-10-5-3-9(12-2)4-6-10/h3-5H,7-8H2,1-2H3. The van der Waals surface area contributed by atoms with Crippen LogP contribution in [0.5, 0.6) is 11.5 Å². The molecule has 1 radical (unpaired) electrons. The average molecular weight is 181 g/mol. The average Bonchev–Trinajstić information content (AvgIpc) is 2.19. The Hall–Kier alpha value is -1.22. The molecule has 0 aromatic heterocycles. The van der Waals surface area contributed by atoms with Gasteiger partial charge in [0.1, 0.15) is 18.1 Å². The fourth-order valence-electron chi connectivity index (χ4n) is 0.848. The van der Waals surface area contributed by atoms with Gasteiger partial charge in [-0.3, -0.25) is 0 Å². The maximum Gasteiger partial charge on any atom is 0.127 e. The van der Waals surface area contributed by atoms with Gasteiger partial charge < -0.3 is 14.2 Å². The summed E-state index contributed by atoms with van der Waals surface area (Å²) < 4.78 is 15.1. The van der Waals surface area contributed by atoms with Crippen molar-refractivity contribution in [3.05, 3.63) is 24.3 Å². The Bertz CT molecular complexity index is 230. The van der Waals surface area contributed by atoms with E-state index in [9.17, 15) is 0 Å². The second kappa shape index (κ2) is 5.43. The monoisotopic (exact) mass is 181 g/mol. The van der Waals surface area contributed by atoms with Crippen LogP contribution in [0.2, 0.25) is 0 Å². The predicted molar refractivity (Wildman–Crippen MR) is 49.2 cm³/mol. The molecule has 0 atom stereocenters. The van der Waals surface area contributed by atoms with Crippen molar-refractivity contribution in [2.24, 2.45) is 0 Å². The summed E-state index contributed by atoms with van der Waals surface area (Å²) in [5.41, 5.74) is 0. The first-order valence-electron chi connectivity index (χ1n) is 4.04. The smallest absolute Gasteiger partial charge is 0.127 e. The van der Waals surface area contributed by atoms with Gasteiger partial charge in [0, 0.05) is 13.2 Å². The first-order valence-corrected chi connectivity index (χ1v) is 4.04. The van der Waals surface area contributed by atoms with Gasteiger partial charge in [-0.25, -0.2) is 0 Å². The van der Waals surface area contributed by atoms with E-state index in [0.29, 0.717) is 19.0 Å². The molecule has 0 heterocycles. The van der Waals surface area contributed by atoms with Crippen LogP contribution in [0.25, 0.3) is 0 Å². The third-order valence-corrected chi connectivity index (χ3v) is 1.54. The van der Waals surface area contributed by atoms with Crippen molar-refractivity contribution in [3.8, 4) is 11.5 Å². The maximum absolute atomic E-state index is 5.31. The molecular formula is C10H13O3. The van der Waals surface area contributed by atoms with Gasteiger partial charge in [0.2, 0.25) is 0 Å². The quantitative estimate of drug-likeness (QED) is 0.644. The van der Waals surface area contributed by atoms with Crippen molar-refractivity contribution in [1.29, 1.82) is 0 Å². The van der Waals surface area contributed by atoms with Crippen LogP contribution in [0, 0.1) is 6.07 Å². The Kier molecular flexibility index (Phi) is 4.12. The molecule has 0 fully saturated rings. The van der Waals surface area contributed by atoms with Gasteiger partial charge in [0.25, 0.3) is 0 Å². The molecule has 0 bridgehead atoms. The normalized spacial score (nSPS) is 9.69. The van der Waals surface area contributed by atoms with Crippen molar-refractivity contribution in [1.82, 2.24) is 0 Å². The Labute approximate surface area is 78.2 Å². The summed E-state index contributed by atoms with van der Waals surface area (Å²) in [4.78, 5) is 0. The largest absolute Gasteiger partial charge is 0.497 e. The van der Waals surface area contributed by atoms with E-state index in [4.69, 9.17) is 14.2 Å². The molecule has 71 valence electrons. The Balaban J connectivity index is 2.40. The highest BCUT2D eigenvalue weighted by Gasteiger charge is 1.94. The van der Waals surface area contributed by atoms with E-state index >= 15 is 0 Å². The number of ether oxygens (including phenoxy) is 3. The minimum atomic E-state index is 0.541. The van der Waals surface area contributed by atoms with Crippen molar-refractivity contribution in [2.75, 3.05) is 27.4 Å². The zero-order valence-corrected chi connectivity index (χ0v) is 7.87. The highest BCUT2D eigenvalue weighted by molar-refractivity contribution is 5.29. The minimum Gasteiger partial charge on any atom is -0.497 e. The number of methoxy groups -OCH3 is 2. The lowest BCUT2D eigenvalue weighted by atomic mass is 10.3. The molecule has 0 aliphatic heterocycles. The fraction of sp³-hybridized carbons (Fsp3) is 0.400. The van der Waals surface area contributed by atoms with Crippen molar-refractivity contribution in [2.45, 2.75) is 0 Å². The zero-order valence-electron chi connectivity index (χ0n) is 7.87. The number of hydrogen-bond donors (Lipinski definition) is 0. The van der Waals surface area contributed by atoms with Crippen molar-refractivity contribution in [3.63, 3.8) is 0 Å². The van der Waals surface area contributed by atoms with E-state index in [0.717, 1.165) is 5.75 Å². The second-order valence-corrected chi connectivity index (χ2v) is 2.43. The lowest BCUT2D eigenvalue weighted by molar-refractivity contribution is 0.146. The van der Waals surface area contributed by atoms with Gasteiger partial charge in [0.05, 0.1) is 13.7 Å². The van der Waals surface area contributed by atoms with Gasteiger partial charge in [-0.2, -0.15) is 0 Å². The fourth-order valence-corrected chi connectivity index (χ4v) is 0.848. The van der Waals surface area contributed by atoms with Crippen molar-refractivity contribution >= 4 is 0 Å². The first-order chi connectivity index (χ1) is 6.36. The molecule has 3 nitrogen and oxygen atoms in total. The third kappa shape index (κ3) is 3.34. The molecule has 0 spiro atoms. The molecule has 3 heteroatoms. The summed E-state index contributed by atoms with van der Waals surface area (Å²) in [6.07, 6.45) is 0. The van der Waals surface area contributed by atoms with Crippen LogP contribution < -0.4 is 9.47 Å². The van der Waals surface area contributed by atoms with Gasteiger partial charge in [-0.15, -0.1) is 0 Å². The first kappa shape index (κ1) is 9.86. The summed E-state index contributed by atoms with van der Waals surface area (Å²) >= 11 is 0. The SMILES string of the molecule is COCCOc1[c]cc(OC)cc1. The van der Waals surface area contributed by atoms with Crippen molar-refractivity contribution < 1.29 is 14.2 Å². The Morgan fingerprint density at radius 1 is 1.23 bits per heavy atom. The zero-order chi connectivity index (χ0) is 9.52.